The van der Waals surface area contributed by atoms with Crippen LogP contribution in [0.3, 0.4) is 0 Å². The molecule has 0 aliphatic rings. The van der Waals surface area contributed by atoms with Gasteiger partial charge in [-0.2, -0.15) is 0 Å². The zero-order chi connectivity index (χ0) is 14.0. The Morgan fingerprint density at radius 1 is 1.37 bits per heavy atom. The summed E-state index contributed by atoms with van der Waals surface area (Å²) in [6, 6.07) is 4.03. The molecule has 1 aromatic carbocycles. The van der Waals surface area contributed by atoms with Gasteiger partial charge in [-0.15, -0.1) is 0 Å². The number of aryl methyl sites for hydroxylation is 2. The molecule has 1 aromatic heterocycles. The van der Waals surface area contributed by atoms with E-state index in [0.717, 1.165) is 17.0 Å². The van der Waals surface area contributed by atoms with Gasteiger partial charge in [-0.25, -0.2) is 4.98 Å². The second-order valence-electron chi connectivity index (χ2n) is 4.57. The minimum absolute atomic E-state index is 0.136. The predicted octanol–water partition coefficient (Wildman–Crippen LogP) is 1.69. The molecule has 0 aliphatic carbocycles. The van der Waals surface area contributed by atoms with E-state index >= 15 is 0 Å². The number of nitrogens with two attached hydrogens (primary N) is 1. The van der Waals surface area contributed by atoms with Gasteiger partial charge in [-0.1, -0.05) is 0 Å². The number of hydrogen-bond donors (Lipinski definition) is 3. The maximum Gasteiger partial charge on any atom is 0.136 e. The summed E-state index contributed by atoms with van der Waals surface area (Å²) in [5.74, 6) is 1.25. The van der Waals surface area contributed by atoms with Crippen molar-refractivity contribution in [1.82, 2.24) is 9.97 Å². The highest BCUT2D eigenvalue weighted by molar-refractivity contribution is 5.68. The van der Waals surface area contributed by atoms with Crippen molar-refractivity contribution >= 4 is 0 Å². The fourth-order valence-corrected chi connectivity index (χ4v) is 1.92. The quantitative estimate of drug-likeness (QED) is 0.782. The average molecular weight is 261 g/mol. The second-order valence-corrected chi connectivity index (χ2v) is 4.57. The first-order valence-electron chi connectivity index (χ1n) is 6.15. The molecule has 1 unspecified atom stereocenters. The number of hydrogen-bond acceptors (Lipinski definition) is 4. The van der Waals surface area contributed by atoms with Crippen LogP contribution in [0.5, 0.6) is 5.75 Å². The van der Waals surface area contributed by atoms with E-state index in [1.807, 2.05) is 26.0 Å². The standard InChI is InChI=1S/C14H19N3O2/c1-8-4-10(13(19-3)5-9(8)2)11-7-16-14(17-11)12(18)6-15/h4-5,7,12,18H,6,15H2,1-3H3,(H,16,17). The maximum absolute atomic E-state index is 9.66. The average Bonchev–Trinajstić information content (AvgIpc) is 2.90. The first-order valence-corrected chi connectivity index (χ1v) is 6.15. The molecular formula is C14H19N3O2. The highest BCUT2D eigenvalue weighted by Gasteiger charge is 2.14. The Kier molecular flexibility index (Phi) is 3.87. The van der Waals surface area contributed by atoms with E-state index in [2.05, 4.69) is 9.97 Å². The number of aromatic nitrogens is 2. The number of aliphatic hydroxyl groups excluding tert-OH is 1. The van der Waals surface area contributed by atoms with Crippen LogP contribution in [0.25, 0.3) is 11.3 Å². The van der Waals surface area contributed by atoms with Crippen molar-refractivity contribution in [2.75, 3.05) is 13.7 Å². The molecule has 0 amide bonds. The molecule has 1 atom stereocenters. The predicted molar refractivity (Wildman–Crippen MR) is 74.1 cm³/mol. The normalized spacial score (nSPS) is 12.5. The SMILES string of the molecule is COc1cc(C)c(C)cc1-c1cnc(C(O)CN)[nH]1. The Bertz CT molecular complexity index is 578. The van der Waals surface area contributed by atoms with Crippen molar-refractivity contribution in [3.8, 4) is 17.0 Å². The fraction of sp³-hybridized carbons (Fsp3) is 0.357. The van der Waals surface area contributed by atoms with Crippen LogP contribution >= 0.6 is 0 Å². The lowest BCUT2D eigenvalue weighted by molar-refractivity contribution is 0.177. The van der Waals surface area contributed by atoms with Gasteiger partial charge in [-0.3, -0.25) is 0 Å². The summed E-state index contributed by atoms with van der Waals surface area (Å²) < 4.78 is 5.40. The zero-order valence-corrected chi connectivity index (χ0v) is 11.4. The van der Waals surface area contributed by atoms with Crippen molar-refractivity contribution in [1.29, 1.82) is 0 Å². The molecule has 1 heterocycles. The summed E-state index contributed by atoms with van der Waals surface area (Å²) in [7, 11) is 1.64. The van der Waals surface area contributed by atoms with Gasteiger partial charge in [0.25, 0.3) is 0 Å². The summed E-state index contributed by atoms with van der Waals surface area (Å²) in [6.07, 6.45) is 0.909. The number of nitrogens with one attached hydrogen (secondary N) is 1. The molecule has 19 heavy (non-hydrogen) atoms. The number of nitrogens with zero attached hydrogens (tertiary/aromatic N) is 1. The van der Waals surface area contributed by atoms with Gasteiger partial charge in [0.1, 0.15) is 17.7 Å². The van der Waals surface area contributed by atoms with Gasteiger partial charge in [0, 0.05) is 12.1 Å². The van der Waals surface area contributed by atoms with Crippen LogP contribution in [0.15, 0.2) is 18.3 Å². The van der Waals surface area contributed by atoms with Gasteiger partial charge in [0.2, 0.25) is 0 Å². The molecule has 2 aromatic rings. The van der Waals surface area contributed by atoms with E-state index in [9.17, 15) is 5.11 Å². The molecule has 2 rings (SSSR count). The number of ether oxygens (including phenoxy) is 1. The summed E-state index contributed by atoms with van der Waals surface area (Å²) >= 11 is 0. The molecule has 0 saturated heterocycles. The highest BCUT2D eigenvalue weighted by atomic mass is 16.5. The van der Waals surface area contributed by atoms with Crippen molar-refractivity contribution < 1.29 is 9.84 Å². The molecule has 0 fully saturated rings. The minimum atomic E-state index is -0.772. The number of methoxy groups -OCH3 is 1. The summed E-state index contributed by atoms with van der Waals surface area (Å²) in [6.45, 7) is 4.22. The molecule has 102 valence electrons. The number of rotatable bonds is 4. The lowest BCUT2D eigenvalue weighted by atomic mass is 10.0. The summed E-state index contributed by atoms with van der Waals surface area (Å²) in [5, 5.41) is 9.66. The monoisotopic (exact) mass is 261 g/mol. The van der Waals surface area contributed by atoms with Crippen LogP contribution in [-0.4, -0.2) is 28.7 Å². The smallest absolute Gasteiger partial charge is 0.136 e. The lowest BCUT2D eigenvalue weighted by Gasteiger charge is -2.10. The number of benzene rings is 1. The van der Waals surface area contributed by atoms with Crippen LogP contribution < -0.4 is 10.5 Å². The number of H-pyrrole nitrogens is 1. The Hall–Kier alpha value is -1.85. The maximum atomic E-state index is 9.66. The highest BCUT2D eigenvalue weighted by Crippen LogP contribution is 2.31. The molecule has 5 heteroatoms. The van der Waals surface area contributed by atoms with Crippen molar-refractivity contribution in [3.63, 3.8) is 0 Å². The van der Waals surface area contributed by atoms with E-state index in [4.69, 9.17) is 10.5 Å². The number of aromatic amines is 1. The third-order valence-corrected chi connectivity index (χ3v) is 3.24. The number of aliphatic hydroxyl groups is 1. The Morgan fingerprint density at radius 3 is 2.68 bits per heavy atom. The van der Waals surface area contributed by atoms with Crippen LogP contribution in [-0.2, 0) is 0 Å². The van der Waals surface area contributed by atoms with E-state index in [1.54, 1.807) is 13.3 Å². The van der Waals surface area contributed by atoms with E-state index < -0.39 is 6.10 Å². The van der Waals surface area contributed by atoms with Gasteiger partial charge in [0.15, 0.2) is 0 Å². The van der Waals surface area contributed by atoms with E-state index in [0.29, 0.717) is 5.82 Å². The number of imidazole rings is 1. The molecule has 4 N–H and O–H groups in total. The Labute approximate surface area is 112 Å². The largest absolute Gasteiger partial charge is 0.496 e. The van der Waals surface area contributed by atoms with Gasteiger partial charge >= 0.3 is 0 Å². The molecular weight excluding hydrogens is 242 g/mol. The third-order valence-electron chi connectivity index (χ3n) is 3.24. The topological polar surface area (TPSA) is 84.2 Å². The molecule has 0 spiro atoms. The second kappa shape index (κ2) is 5.42. The van der Waals surface area contributed by atoms with E-state index in [1.165, 1.54) is 11.1 Å². The van der Waals surface area contributed by atoms with Crippen LogP contribution in [0.1, 0.15) is 23.1 Å². The zero-order valence-electron chi connectivity index (χ0n) is 11.4. The third kappa shape index (κ3) is 2.62. The molecule has 5 nitrogen and oxygen atoms in total. The summed E-state index contributed by atoms with van der Waals surface area (Å²) in [4.78, 5) is 7.23. The van der Waals surface area contributed by atoms with Crippen LogP contribution in [0.2, 0.25) is 0 Å². The summed E-state index contributed by atoms with van der Waals surface area (Å²) in [5.41, 5.74) is 9.49. The lowest BCUT2D eigenvalue weighted by Crippen LogP contribution is -2.12. The first kappa shape index (κ1) is 13.6. The van der Waals surface area contributed by atoms with Gasteiger partial charge < -0.3 is 20.6 Å². The Morgan fingerprint density at radius 2 is 2.05 bits per heavy atom. The van der Waals surface area contributed by atoms with Crippen molar-refractivity contribution in [2.24, 2.45) is 5.73 Å². The van der Waals surface area contributed by atoms with Gasteiger partial charge in [-0.05, 0) is 37.1 Å². The van der Waals surface area contributed by atoms with Gasteiger partial charge in [0.05, 0.1) is 19.0 Å². The van der Waals surface area contributed by atoms with Crippen molar-refractivity contribution in [3.05, 3.63) is 35.3 Å². The van der Waals surface area contributed by atoms with E-state index in [-0.39, 0.29) is 6.54 Å². The Balaban J connectivity index is 2.46. The van der Waals surface area contributed by atoms with Crippen LogP contribution in [0, 0.1) is 13.8 Å². The molecule has 0 aliphatic heterocycles. The fourth-order valence-electron chi connectivity index (χ4n) is 1.92. The molecule has 0 radical (unpaired) electrons. The molecule has 0 bridgehead atoms. The van der Waals surface area contributed by atoms with Crippen molar-refractivity contribution in [2.45, 2.75) is 20.0 Å². The van der Waals surface area contributed by atoms with Crippen LogP contribution in [0.4, 0.5) is 0 Å². The minimum Gasteiger partial charge on any atom is -0.496 e. The molecule has 0 saturated carbocycles. The first-order chi connectivity index (χ1) is 9.06.